The monoisotopic (exact) mass is 292 g/mol. The summed E-state index contributed by atoms with van der Waals surface area (Å²) >= 11 is 0. The fourth-order valence-electron chi connectivity index (χ4n) is 2.42. The van der Waals surface area contributed by atoms with E-state index in [-0.39, 0.29) is 25.1 Å². The number of hydrogen-bond acceptors (Lipinski definition) is 4. The predicted octanol–water partition coefficient (Wildman–Crippen LogP) is 0.561. The van der Waals surface area contributed by atoms with E-state index in [9.17, 15) is 14.7 Å². The molecule has 0 spiro atoms. The van der Waals surface area contributed by atoms with E-state index in [1.54, 1.807) is 21.9 Å². The van der Waals surface area contributed by atoms with Crippen molar-refractivity contribution in [3.05, 3.63) is 30.3 Å². The van der Waals surface area contributed by atoms with Gasteiger partial charge in [-0.15, -0.1) is 0 Å². The molecule has 1 saturated heterocycles. The van der Waals surface area contributed by atoms with Gasteiger partial charge in [0.05, 0.1) is 12.6 Å². The van der Waals surface area contributed by atoms with Gasteiger partial charge in [-0.25, -0.2) is 0 Å². The van der Waals surface area contributed by atoms with E-state index in [0.717, 1.165) is 0 Å². The summed E-state index contributed by atoms with van der Waals surface area (Å²) in [5, 5.41) is 18.5. The van der Waals surface area contributed by atoms with Crippen molar-refractivity contribution >= 4 is 17.6 Å². The Morgan fingerprint density at radius 3 is 2.33 bits per heavy atom. The highest BCUT2D eigenvalue weighted by atomic mass is 16.4. The Balaban J connectivity index is 2.01. The molecule has 0 bridgehead atoms. The van der Waals surface area contributed by atoms with Crippen LogP contribution >= 0.6 is 0 Å². The number of piperidine rings is 1. The summed E-state index contributed by atoms with van der Waals surface area (Å²) in [4.78, 5) is 26.5. The van der Waals surface area contributed by atoms with Crippen molar-refractivity contribution in [2.75, 3.05) is 31.1 Å². The number of aliphatic carboxylic acids is 1. The molecule has 114 valence electrons. The highest BCUT2D eigenvalue weighted by molar-refractivity contribution is 5.84. The van der Waals surface area contributed by atoms with E-state index in [1.165, 1.54) is 0 Å². The Labute approximate surface area is 123 Å². The second-order valence-electron chi connectivity index (χ2n) is 5.20. The number of likely N-dealkylation sites (tertiary alicyclic amines) is 1. The molecule has 1 aliphatic heterocycles. The van der Waals surface area contributed by atoms with Crippen LogP contribution in [0.2, 0.25) is 0 Å². The fraction of sp³-hybridized carbons (Fsp3) is 0.467. The number of carbonyl (C=O) groups is 2. The van der Waals surface area contributed by atoms with Crippen molar-refractivity contribution in [2.45, 2.75) is 18.9 Å². The van der Waals surface area contributed by atoms with Crippen molar-refractivity contribution in [1.82, 2.24) is 4.90 Å². The maximum atomic E-state index is 12.3. The molecule has 0 saturated carbocycles. The number of hydrogen-bond donors (Lipinski definition) is 2. The molecular weight excluding hydrogens is 272 g/mol. The van der Waals surface area contributed by atoms with Crippen molar-refractivity contribution in [3.8, 4) is 0 Å². The first-order valence-corrected chi connectivity index (χ1v) is 7.04. The Kier molecular flexibility index (Phi) is 5.16. The first kappa shape index (κ1) is 15.3. The molecule has 0 aromatic heterocycles. The molecule has 0 atom stereocenters. The van der Waals surface area contributed by atoms with Crippen LogP contribution in [-0.4, -0.2) is 59.3 Å². The smallest absolute Gasteiger partial charge is 0.323 e. The molecule has 1 heterocycles. The maximum absolute atomic E-state index is 12.3. The van der Waals surface area contributed by atoms with Gasteiger partial charge in [-0.3, -0.25) is 9.59 Å². The number of carboxylic acid groups (broad SMARTS) is 1. The lowest BCUT2D eigenvalue weighted by atomic mass is 10.1. The largest absolute Gasteiger partial charge is 0.480 e. The van der Waals surface area contributed by atoms with Gasteiger partial charge in [-0.1, -0.05) is 18.2 Å². The number of aliphatic hydroxyl groups excluding tert-OH is 1. The van der Waals surface area contributed by atoms with E-state index in [0.29, 0.717) is 31.6 Å². The van der Waals surface area contributed by atoms with E-state index in [2.05, 4.69) is 0 Å². The van der Waals surface area contributed by atoms with Crippen LogP contribution in [0, 0.1) is 0 Å². The van der Waals surface area contributed by atoms with Gasteiger partial charge in [0.25, 0.3) is 0 Å². The van der Waals surface area contributed by atoms with Crippen LogP contribution < -0.4 is 4.90 Å². The second-order valence-corrected chi connectivity index (χ2v) is 5.20. The van der Waals surface area contributed by atoms with Gasteiger partial charge < -0.3 is 20.0 Å². The Bertz CT molecular complexity index is 484. The van der Waals surface area contributed by atoms with Gasteiger partial charge in [0.15, 0.2) is 0 Å². The summed E-state index contributed by atoms with van der Waals surface area (Å²) in [5.41, 5.74) is 0.713. The van der Waals surface area contributed by atoms with Gasteiger partial charge >= 0.3 is 5.97 Å². The third kappa shape index (κ3) is 4.46. The average Bonchev–Trinajstić information content (AvgIpc) is 2.47. The zero-order valence-corrected chi connectivity index (χ0v) is 11.8. The molecule has 6 nitrogen and oxygen atoms in total. The summed E-state index contributed by atoms with van der Waals surface area (Å²) in [6, 6.07) is 9.04. The van der Waals surface area contributed by atoms with E-state index in [4.69, 9.17) is 5.11 Å². The first-order valence-electron chi connectivity index (χ1n) is 7.04. The van der Waals surface area contributed by atoms with Crippen molar-refractivity contribution < 1.29 is 19.8 Å². The van der Waals surface area contributed by atoms with Gasteiger partial charge in [0.1, 0.15) is 6.54 Å². The highest BCUT2D eigenvalue weighted by Crippen LogP contribution is 2.15. The number of para-hydroxylation sites is 1. The Hall–Kier alpha value is -2.08. The van der Waals surface area contributed by atoms with E-state index < -0.39 is 5.97 Å². The molecule has 1 amide bonds. The average molecular weight is 292 g/mol. The van der Waals surface area contributed by atoms with Crippen LogP contribution in [0.4, 0.5) is 5.69 Å². The number of carbonyl (C=O) groups excluding carboxylic acids is 1. The van der Waals surface area contributed by atoms with Crippen LogP contribution in [0.5, 0.6) is 0 Å². The lowest BCUT2D eigenvalue weighted by Crippen LogP contribution is -2.46. The summed E-state index contributed by atoms with van der Waals surface area (Å²) in [5.74, 6) is -1.08. The molecule has 6 heteroatoms. The zero-order chi connectivity index (χ0) is 15.2. The van der Waals surface area contributed by atoms with Gasteiger partial charge in [-0.05, 0) is 25.0 Å². The fourth-order valence-corrected chi connectivity index (χ4v) is 2.42. The number of nitrogens with zero attached hydrogens (tertiary/aromatic N) is 2. The van der Waals surface area contributed by atoms with Crippen molar-refractivity contribution in [1.29, 1.82) is 0 Å². The zero-order valence-electron chi connectivity index (χ0n) is 11.8. The molecule has 2 rings (SSSR count). The third-order valence-electron chi connectivity index (χ3n) is 3.59. The van der Waals surface area contributed by atoms with Crippen LogP contribution in [0.25, 0.3) is 0 Å². The number of carboxylic acids is 1. The minimum Gasteiger partial charge on any atom is -0.480 e. The number of anilines is 1. The normalized spacial score (nSPS) is 15.8. The molecule has 0 radical (unpaired) electrons. The minimum atomic E-state index is -0.972. The maximum Gasteiger partial charge on any atom is 0.323 e. The third-order valence-corrected chi connectivity index (χ3v) is 3.59. The van der Waals surface area contributed by atoms with Crippen LogP contribution in [0.3, 0.4) is 0 Å². The lowest BCUT2D eigenvalue weighted by Gasteiger charge is -2.32. The summed E-state index contributed by atoms with van der Waals surface area (Å²) in [6.07, 6.45) is 0.824. The topological polar surface area (TPSA) is 81.1 Å². The summed E-state index contributed by atoms with van der Waals surface area (Å²) in [6.45, 7) is 0.865. The number of aliphatic hydroxyl groups is 1. The molecule has 2 N–H and O–H groups in total. The quantitative estimate of drug-likeness (QED) is 0.829. The molecule has 0 aliphatic carbocycles. The second kappa shape index (κ2) is 7.08. The molecule has 1 aromatic carbocycles. The van der Waals surface area contributed by atoms with Gasteiger partial charge in [0, 0.05) is 18.8 Å². The molecular formula is C15H20N2O4. The SMILES string of the molecule is O=C(O)CN(CC(=O)N1CCC(O)CC1)c1ccccc1. The summed E-state index contributed by atoms with van der Waals surface area (Å²) in [7, 11) is 0. The van der Waals surface area contributed by atoms with Crippen molar-refractivity contribution in [3.63, 3.8) is 0 Å². The van der Waals surface area contributed by atoms with Crippen LogP contribution in [0.1, 0.15) is 12.8 Å². The van der Waals surface area contributed by atoms with Crippen molar-refractivity contribution in [2.24, 2.45) is 0 Å². The number of benzene rings is 1. The Morgan fingerprint density at radius 1 is 1.14 bits per heavy atom. The number of amides is 1. The number of rotatable bonds is 5. The molecule has 21 heavy (non-hydrogen) atoms. The van der Waals surface area contributed by atoms with Gasteiger partial charge in [-0.2, -0.15) is 0 Å². The van der Waals surface area contributed by atoms with E-state index >= 15 is 0 Å². The molecule has 1 fully saturated rings. The predicted molar refractivity (Wildman–Crippen MR) is 78.1 cm³/mol. The van der Waals surface area contributed by atoms with Gasteiger partial charge in [0.2, 0.25) is 5.91 Å². The van der Waals surface area contributed by atoms with E-state index in [1.807, 2.05) is 18.2 Å². The van der Waals surface area contributed by atoms with Crippen LogP contribution in [-0.2, 0) is 9.59 Å². The molecule has 1 aromatic rings. The lowest BCUT2D eigenvalue weighted by molar-refractivity contribution is -0.135. The first-order chi connectivity index (χ1) is 10.1. The minimum absolute atomic E-state index is 0.0341. The highest BCUT2D eigenvalue weighted by Gasteiger charge is 2.23. The Morgan fingerprint density at radius 2 is 1.76 bits per heavy atom. The van der Waals surface area contributed by atoms with Crippen LogP contribution in [0.15, 0.2) is 30.3 Å². The summed E-state index contributed by atoms with van der Waals surface area (Å²) < 4.78 is 0. The molecule has 1 aliphatic rings. The standard InChI is InChI=1S/C15H20N2O4/c18-13-6-8-16(9-7-13)14(19)10-17(11-15(20)21)12-4-2-1-3-5-12/h1-5,13,18H,6-11H2,(H,20,21). The molecule has 0 unspecified atom stereocenters.